The number of pyridine rings is 2. The molecular weight excluding hydrogens is 424 g/mol. The van der Waals surface area contributed by atoms with E-state index < -0.39 is 17.6 Å². The van der Waals surface area contributed by atoms with E-state index in [9.17, 15) is 18.4 Å². The maximum atomic E-state index is 14.2. The summed E-state index contributed by atoms with van der Waals surface area (Å²) in [5.41, 5.74) is -0.516. The number of ether oxygens (including phenoxy) is 2. The van der Waals surface area contributed by atoms with E-state index in [1.165, 1.54) is 41.6 Å². The van der Waals surface area contributed by atoms with Gasteiger partial charge in [0.2, 0.25) is 5.88 Å². The molecule has 0 unspecified atom stereocenters. The number of carbonyl (C=O) groups is 1. The first-order chi connectivity index (χ1) is 15.5. The van der Waals surface area contributed by atoms with Crippen molar-refractivity contribution < 1.29 is 23.0 Å². The number of benzene rings is 1. The second-order valence-corrected chi connectivity index (χ2v) is 7.04. The van der Waals surface area contributed by atoms with E-state index in [2.05, 4.69) is 15.2 Å². The van der Waals surface area contributed by atoms with Crippen LogP contribution in [0.4, 0.5) is 14.5 Å². The number of amides is 1. The highest BCUT2D eigenvalue weighted by atomic mass is 19.1. The highest BCUT2D eigenvalue weighted by Crippen LogP contribution is 2.27. The maximum absolute atomic E-state index is 14.2. The van der Waals surface area contributed by atoms with Gasteiger partial charge in [-0.05, 0) is 30.3 Å². The Morgan fingerprint density at radius 2 is 1.84 bits per heavy atom. The quantitative estimate of drug-likeness (QED) is 0.513. The Morgan fingerprint density at radius 1 is 1.06 bits per heavy atom. The first-order valence-corrected chi connectivity index (χ1v) is 9.62. The molecule has 0 aliphatic carbocycles. The van der Waals surface area contributed by atoms with Crippen molar-refractivity contribution in [2.45, 2.75) is 12.5 Å². The average molecular weight is 439 g/mol. The number of rotatable bonds is 5. The van der Waals surface area contributed by atoms with Crippen LogP contribution in [0.1, 0.15) is 6.42 Å². The number of hydrogen-bond donors (Lipinski definition) is 1. The van der Waals surface area contributed by atoms with Gasteiger partial charge in [0, 0.05) is 31.3 Å². The van der Waals surface area contributed by atoms with Gasteiger partial charge < -0.3 is 14.4 Å². The minimum Gasteiger partial charge on any atom is -0.479 e. The van der Waals surface area contributed by atoms with Crippen molar-refractivity contribution in [2.75, 3.05) is 11.4 Å². The zero-order valence-electron chi connectivity index (χ0n) is 16.4. The molecule has 4 heterocycles. The topological polar surface area (TPSA) is 102 Å². The molecule has 3 aromatic heterocycles. The summed E-state index contributed by atoms with van der Waals surface area (Å²) in [6, 6.07) is 9.81. The first kappa shape index (κ1) is 19.7. The third-order valence-corrected chi connectivity index (χ3v) is 4.95. The molecule has 32 heavy (non-hydrogen) atoms. The third-order valence-electron chi connectivity index (χ3n) is 4.95. The largest absolute Gasteiger partial charge is 0.479 e. The summed E-state index contributed by atoms with van der Waals surface area (Å²) >= 11 is 0. The summed E-state index contributed by atoms with van der Waals surface area (Å²) in [7, 11) is 0. The highest BCUT2D eigenvalue weighted by molar-refractivity contribution is 5.99. The van der Waals surface area contributed by atoms with Crippen LogP contribution >= 0.6 is 0 Å². The summed E-state index contributed by atoms with van der Waals surface area (Å²) in [4.78, 5) is 30.0. The maximum Gasteiger partial charge on any atom is 0.347 e. The summed E-state index contributed by atoms with van der Waals surface area (Å²) in [6.07, 6.45) is 2.34. The molecule has 1 N–H and O–H groups in total. The molecule has 1 amide bonds. The molecule has 0 bridgehead atoms. The minimum absolute atomic E-state index is 0.146. The van der Waals surface area contributed by atoms with Gasteiger partial charge in [-0.15, -0.1) is 5.10 Å². The van der Waals surface area contributed by atoms with Crippen molar-refractivity contribution in [3.63, 3.8) is 0 Å². The Morgan fingerprint density at radius 3 is 2.59 bits per heavy atom. The second-order valence-electron chi connectivity index (χ2n) is 7.04. The molecular formula is C21H15F2N5O4. The normalized spacial score (nSPS) is 16.0. The molecule has 1 atom stereocenters. The van der Waals surface area contributed by atoms with Crippen LogP contribution in [0.2, 0.25) is 0 Å². The number of nitrogens with zero attached hydrogens (tertiary/aromatic N) is 4. The van der Waals surface area contributed by atoms with Crippen LogP contribution in [0.3, 0.4) is 0 Å². The molecule has 4 aromatic rings. The Hall–Kier alpha value is -4.28. The Labute approximate surface area is 178 Å². The standard InChI is InChI=1S/C21H15F2N5O4/c22-12-1-3-14(4-2-12)32-18-6-5-15(10-24-18)31-17-7-8-27(20(17)29)13-9-16(23)19-25-26-21(30)28(19)11-13/h1-6,9-11,17H,7-8H2,(H,26,30)/t17-/m1/s1. The lowest BCUT2D eigenvalue weighted by molar-refractivity contribution is -0.122. The Bertz CT molecular complexity index is 1350. The number of H-pyrrole nitrogens is 1. The van der Waals surface area contributed by atoms with Crippen LogP contribution in [0.25, 0.3) is 5.65 Å². The van der Waals surface area contributed by atoms with Crippen LogP contribution in [-0.2, 0) is 4.79 Å². The lowest BCUT2D eigenvalue weighted by atomic mass is 10.3. The van der Waals surface area contributed by atoms with Gasteiger partial charge in [0.15, 0.2) is 17.6 Å². The fourth-order valence-corrected chi connectivity index (χ4v) is 3.41. The van der Waals surface area contributed by atoms with Crippen molar-refractivity contribution in [3.05, 3.63) is 77.0 Å². The van der Waals surface area contributed by atoms with Crippen molar-refractivity contribution in [3.8, 4) is 17.4 Å². The fraction of sp³-hybridized carbons (Fsp3) is 0.143. The average Bonchev–Trinajstić information content (AvgIpc) is 3.34. The number of aromatic nitrogens is 4. The van der Waals surface area contributed by atoms with Gasteiger partial charge in [-0.2, -0.15) is 0 Å². The molecule has 1 aliphatic rings. The van der Waals surface area contributed by atoms with Crippen LogP contribution in [0.15, 0.2) is 59.7 Å². The molecule has 0 spiro atoms. The number of nitrogens with one attached hydrogen (secondary N) is 1. The summed E-state index contributed by atoms with van der Waals surface area (Å²) in [5.74, 6) is -0.410. The van der Waals surface area contributed by atoms with Gasteiger partial charge in [-0.3, -0.25) is 4.79 Å². The molecule has 9 nitrogen and oxygen atoms in total. The summed E-state index contributed by atoms with van der Waals surface area (Å²) in [6.45, 7) is 0.292. The van der Waals surface area contributed by atoms with Crippen molar-refractivity contribution in [2.24, 2.45) is 0 Å². The monoisotopic (exact) mass is 439 g/mol. The smallest absolute Gasteiger partial charge is 0.347 e. The summed E-state index contributed by atoms with van der Waals surface area (Å²) < 4.78 is 39.5. The van der Waals surface area contributed by atoms with Gasteiger partial charge in [0.25, 0.3) is 5.91 Å². The molecule has 1 fully saturated rings. The lowest BCUT2D eigenvalue weighted by Crippen LogP contribution is -2.32. The predicted octanol–water partition coefficient (Wildman–Crippen LogP) is 2.67. The van der Waals surface area contributed by atoms with Gasteiger partial charge >= 0.3 is 5.69 Å². The zero-order chi connectivity index (χ0) is 22.2. The molecule has 1 aromatic carbocycles. The second kappa shape index (κ2) is 7.76. The Kier molecular flexibility index (Phi) is 4.77. The van der Waals surface area contributed by atoms with E-state index in [0.717, 1.165) is 10.5 Å². The van der Waals surface area contributed by atoms with Gasteiger partial charge in [0.05, 0.1) is 11.9 Å². The highest BCUT2D eigenvalue weighted by Gasteiger charge is 2.35. The fourth-order valence-electron chi connectivity index (χ4n) is 3.41. The van der Waals surface area contributed by atoms with E-state index in [4.69, 9.17) is 9.47 Å². The number of anilines is 1. The molecule has 11 heteroatoms. The van der Waals surface area contributed by atoms with E-state index in [1.54, 1.807) is 12.1 Å². The van der Waals surface area contributed by atoms with Crippen molar-refractivity contribution in [1.29, 1.82) is 0 Å². The van der Waals surface area contributed by atoms with Crippen LogP contribution in [0, 0.1) is 11.6 Å². The predicted molar refractivity (Wildman–Crippen MR) is 108 cm³/mol. The van der Waals surface area contributed by atoms with Crippen molar-refractivity contribution in [1.82, 2.24) is 19.6 Å². The first-order valence-electron chi connectivity index (χ1n) is 9.62. The number of carbonyl (C=O) groups excluding carboxylic acids is 1. The third kappa shape index (κ3) is 3.64. The van der Waals surface area contributed by atoms with E-state index >= 15 is 0 Å². The van der Waals surface area contributed by atoms with E-state index in [1.807, 2.05) is 0 Å². The van der Waals surface area contributed by atoms with Gasteiger partial charge in [-0.1, -0.05) is 0 Å². The van der Waals surface area contributed by atoms with E-state index in [0.29, 0.717) is 24.5 Å². The lowest BCUT2D eigenvalue weighted by Gasteiger charge is -2.17. The van der Waals surface area contributed by atoms with E-state index in [-0.39, 0.29) is 28.9 Å². The number of hydrogen-bond acceptors (Lipinski definition) is 6. The number of halogens is 2. The van der Waals surface area contributed by atoms with Crippen LogP contribution < -0.4 is 20.1 Å². The molecule has 0 radical (unpaired) electrons. The van der Waals surface area contributed by atoms with Gasteiger partial charge in [0.1, 0.15) is 17.3 Å². The number of aromatic amines is 1. The molecule has 0 saturated carbocycles. The Balaban J connectivity index is 1.28. The SMILES string of the molecule is O=C1[C@H](Oc2ccc(Oc3ccc(F)cc3)nc2)CCN1c1cc(F)c2n[nH]c(=O)n2c1. The number of fused-ring (bicyclic) bond motifs is 1. The molecule has 1 saturated heterocycles. The van der Waals surface area contributed by atoms with Crippen LogP contribution in [-0.4, -0.2) is 38.1 Å². The zero-order valence-corrected chi connectivity index (χ0v) is 16.4. The van der Waals surface area contributed by atoms with Gasteiger partial charge in [-0.25, -0.2) is 28.1 Å². The van der Waals surface area contributed by atoms with Crippen LogP contribution in [0.5, 0.6) is 17.4 Å². The van der Waals surface area contributed by atoms with Crippen molar-refractivity contribution >= 4 is 17.2 Å². The molecule has 5 rings (SSSR count). The molecule has 162 valence electrons. The molecule has 1 aliphatic heterocycles. The minimum atomic E-state index is -0.791. The summed E-state index contributed by atoms with van der Waals surface area (Å²) in [5, 5.41) is 5.77.